The first-order valence-corrected chi connectivity index (χ1v) is 5.94. The Morgan fingerprint density at radius 3 is 2.68 bits per heavy atom. The maximum Gasteiger partial charge on any atom is 0.337 e. The summed E-state index contributed by atoms with van der Waals surface area (Å²) in [5.41, 5.74) is 3.28. The minimum atomic E-state index is -0.960. The SMILES string of the molecule is Cc1c(CNCc2ccc(C(=O)O)cn2)cnn1C. The van der Waals surface area contributed by atoms with Crippen LogP contribution in [0.1, 0.15) is 27.3 Å². The van der Waals surface area contributed by atoms with Gasteiger partial charge in [-0.1, -0.05) is 0 Å². The molecule has 6 heteroatoms. The smallest absolute Gasteiger partial charge is 0.337 e. The number of nitrogens with zero attached hydrogens (tertiary/aromatic N) is 3. The maximum absolute atomic E-state index is 10.7. The van der Waals surface area contributed by atoms with Crippen molar-refractivity contribution in [2.24, 2.45) is 7.05 Å². The van der Waals surface area contributed by atoms with Crippen molar-refractivity contribution in [1.29, 1.82) is 0 Å². The maximum atomic E-state index is 10.7. The van der Waals surface area contributed by atoms with Crippen molar-refractivity contribution < 1.29 is 9.90 Å². The van der Waals surface area contributed by atoms with E-state index in [4.69, 9.17) is 5.11 Å². The second kappa shape index (κ2) is 5.62. The molecule has 100 valence electrons. The Morgan fingerprint density at radius 1 is 1.37 bits per heavy atom. The molecule has 0 aliphatic rings. The normalized spacial score (nSPS) is 10.6. The van der Waals surface area contributed by atoms with Gasteiger partial charge < -0.3 is 10.4 Å². The number of aromatic carboxylic acids is 1. The Morgan fingerprint density at radius 2 is 2.16 bits per heavy atom. The fourth-order valence-corrected chi connectivity index (χ4v) is 1.70. The summed E-state index contributed by atoms with van der Waals surface area (Å²) in [6.07, 6.45) is 3.21. The van der Waals surface area contributed by atoms with Crippen LogP contribution >= 0.6 is 0 Å². The van der Waals surface area contributed by atoms with Crippen LogP contribution in [0.4, 0.5) is 0 Å². The zero-order chi connectivity index (χ0) is 13.8. The van der Waals surface area contributed by atoms with E-state index in [1.54, 1.807) is 12.1 Å². The molecule has 0 aliphatic heterocycles. The number of aromatic nitrogens is 3. The second-order valence-electron chi connectivity index (χ2n) is 4.33. The lowest BCUT2D eigenvalue weighted by Crippen LogP contribution is -2.14. The van der Waals surface area contributed by atoms with Crippen molar-refractivity contribution >= 4 is 5.97 Å². The van der Waals surface area contributed by atoms with Crippen LogP contribution in [-0.2, 0) is 20.1 Å². The van der Waals surface area contributed by atoms with Gasteiger partial charge in [-0.05, 0) is 19.1 Å². The van der Waals surface area contributed by atoms with Crippen molar-refractivity contribution in [1.82, 2.24) is 20.1 Å². The van der Waals surface area contributed by atoms with E-state index in [1.165, 1.54) is 6.20 Å². The summed E-state index contributed by atoms with van der Waals surface area (Å²) < 4.78 is 1.83. The zero-order valence-electron chi connectivity index (χ0n) is 10.9. The molecule has 2 aromatic rings. The van der Waals surface area contributed by atoms with Crippen molar-refractivity contribution in [3.8, 4) is 0 Å². The van der Waals surface area contributed by atoms with Gasteiger partial charge in [0, 0.05) is 37.6 Å². The van der Waals surface area contributed by atoms with Crippen molar-refractivity contribution in [2.75, 3.05) is 0 Å². The molecule has 0 amide bonds. The van der Waals surface area contributed by atoms with Gasteiger partial charge in [-0.25, -0.2) is 4.79 Å². The molecular formula is C13H16N4O2. The van der Waals surface area contributed by atoms with Gasteiger partial charge in [0.05, 0.1) is 17.5 Å². The van der Waals surface area contributed by atoms with E-state index in [9.17, 15) is 4.79 Å². The Bertz CT molecular complexity index is 575. The highest BCUT2D eigenvalue weighted by Gasteiger charge is 2.04. The molecule has 19 heavy (non-hydrogen) atoms. The molecule has 2 aromatic heterocycles. The topological polar surface area (TPSA) is 80.0 Å². The molecule has 2 heterocycles. The summed E-state index contributed by atoms with van der Waals surface area (Å²) in [7, 11) is 1.91. The number of nitrogens with one attached hydrogen (secondary N) is 1. The number of pyridine rings is 1. The minimum Gasteiger partial charge on any atom is -0.478 e. The number of carboxylic acid groups (broad SMARTS) is 1. The van der Waals surface area contributed by atoms with Crippen molar-refractivity contribution in [2.45, 2.75) is 20.0 Å². The summed E-state index contributed by atoms with van der Waals surface area (Å²) in [4.78, 5) is 14.8. The highest BCUT2D eigenvalue weighted by molar-refractivity contribution is 5.87. The summed E-state index contributed by atoms with van der Waals surface area (Å²) in [6.45, 7) is 3.32. The summed E-state index contributed by atoms with van der Waals surface area (Å²) in [6, 6.07) is 3.27. The lowest BCUT2D eigenvalue weighted by Gasteiger charge is -2.04. The van der Waals surface area contributed by atoms with Crippen molar-refractivity contribution in [3.05, 3.63) is 47.0 Å². The first-order chi connectivity index (χ1) is 9.08. The second-order valence-corrected chi connectivity index (χ2v) is 4.33. The summed E-state index contributed by atoms with van der Waals surface area (Å²) in [5, 5.41) is 16.2. The third-order valence-electron chi connectivity index (χ3n) is 3.03. The predicted molar refractivity (Wildman–Crippen MR) is 69.7 cm³/mol. The monoisotopic (exact) mass is 260 g/mol. The molecule has 0 unspecified atom stereocenters. The van der Waals surface area contributed by atoms with E-state index in [0.29, 0.717) is 13.1 Å². The molecule has 0 fully saturated rings. The van der Waals surface area contributed by atoms with Crippen LogP contribution in [0.15, 0.2) is 24.5 Å². The number of rotatable bonds is 5. The Kier molecular flexibility index (Phi) is 3.91. The van der Waals surface area contributed by atoms with Crippen molar-refractivity contribution in [3.63, 3.8) is 0 Å². The highest BCUT2D eigenvalue weighted by atomic mass is 16.4. The molecule has 0 radical (unpaired) electrons. The van der Waals surface area contributed by atoms with Crippen LogP contribution in [0.3, 0.4) is 0 Å². The van der Waals surface area contributed by atoms with E-state index < -0.39 is 5.97 Å². The van der Waals surface area contributed by atoms with Crippen LogP contribution in [0.2, 0.25) is 0 Å². The number of carboxylic acids is 1. The molecule has 0 saturated heterocycles. The molecule has 0 atom stereocenters. The van der Waals surface area contributed by atoms with Crippen LogP contribution in [-0.4, -0.2) is 25.8 Å². The van der Waals surface area contributed by atoms with Crippen LogP contribution in [0, 0.1) is 6.92 Å². The van der Waals surface area contributed by atoms with Gasteiger partial charge in [0.15, 0.2) is 0 Å². The number of hydrogen-bond donors (Lipinski definition) is 2. The van der Waals surface area contributed by atoms with E-state index in [1.807, 2.05) is 24.9 Å². The van der Waals surface area contributed by atoms with E-state index >= 15 is 0 Å². The summed E-state index contributed by atoms with van der Waals surface area (Å²) >= 11 is 0. The quantitative estimate of drug-likeness (QED) is 0.841. The zero-order valence-corrected chi connectivity index (χ0v) is 10.9. The van der Waals surface area contributed by atoms with Gasteiger partial charge in [-0.3, -0.25) is 9.67 Å². The lowest BCUT2D eigenvalue weighted by molar-refractivity contribution is 0.0696. The first-order valence-electron chi connectivity index (χ1n) is 5.94. The largest absolute Gasteiger partial charge is 0.478 e. The highest BCUT2D eigenvalue weighted by Crippen LogP contribution is 2.05. The van der Waals surface area contributed by atoms with Crippen LogP contribution < -0.4 is 5.32 Å². The van der Waals surface area contributed by atoms with Crippen LogP contribution in [0.25, 0.3) is 0 Å². The molecule has 2 N–H and O–H groups in total. The van der Waals surface area contributed by atoms with Crippen LogP contribution in [0.5, 0.6) is 0 Å². The Balaban J connectivity index is 1.89. The Labute approximate surface area is 111 Å². The fraction of sp³-hybridized carbons (Fsp3) is 0.308. The number of hydrogen-bond acceptors (Lipinski definition) is 4. The average molecular weight is 260 g/mol. The lowest BCUT2D eigenvalue weighted by atomic mass is 10.2. The standard InChI is InChI=1S/C13H16N4O2/c1-9-11(7-16-17(9)2)5-14-8-12-4-3-10(6-15-12)13(18)19/h3-4,6-7,14H,5,8H2,1-2H3,(H,18,19). The van der Waals surface area contributed by atoms with Gasteiger partial charge in [0.1, 0.15) is 0 Å². The number of aryl methyl sites for hydroxylation is 1. The average Bonchev–Trinajstić information content (AvgIpc) is 2.71. The fourth-order valence-electron chi connectivity index (χ4n) is 1.70. The molecular weight excluding hydrogens is 244 g/mol. The van der Waals surface area contributed by atoms with Gasteiger partial charge >= 0.3 is 5.97 Å². The molecule has 0 aromatic carbocycles. The summed E-state index contributed by atoms with van der Waals surface area (Å²) in [5.74, 6) is -0.960. The number of carbonyl (C=O) groups is 1. The Hall–Kier alpha value is -2.21. The third-order valence-corrected chi connectivity index (χ3v) is 3.03. The van der Waals surface area contributed by atoms with E-state index in [0.717, 1.165) is 17.0 Å². The van der Waals surface area contributed by atoms with Gasteiger partial charge in [0.25, 0.3) is 0 Å². The first kappa shape index (κ1) is 13.2. The van der Waals surface area contributed by atoms with E-state index in [-0.39, 0.29) is 5.56 Å². The molecule has 6 nitrogen and oxygen atoms in total. The molecule has 2 rings (SSSR count). The minimum absolute atomic E-state index is 0.201. The molecule has 0 aliphatic carbocycles. The van der Waals surface area contributed by atoms with Gasteiger partial charge in [-0.2, -0.15) is 5.10 Å². The molecule has 0 spiro atoms. The van der Waals surface area contributed by atoms with Gasteiger partial charge in [-0.15, -0.1) is 0 Å². The molecule has 0 saturated carbocycles. The van der Waals surface area contributed by atoms with Gasteiger partial charge in [0.2, 0.25) is 0 Å². The predicted octanol–water partition coefficient (Wildman–Crippen LogP) is 1.11. The third kappa shape index (κ3) is 3.17. The van der Waals surface area contributed by atoms with E-state index in [2.05, 4.69) is 15.4 Å². The molecule has 0 bridgehead atoms.